The minimum atomic E-state index is 0.0852. The van der Waals surface area contributed by atoms with Crippen LogP contribution in [0.25, 0.3) is 0 Å². The Hall–Kier alpha value is -1.44. The molecule has 0 saturated carbocycles. The first kappa shape index (κ1) is 13.0. The summed E-state index contributed by atoms with van der Waals surface area (Å²) >= 11 is 0. The Morgan fingerprint density at radius 2 is 2.11 bits per heavy atom. The Kier molecular flexibility index (Phi) is 4.68. The Bertz CT molecular complexity index is 390. The first-order valence-corrected chi connectivity index (χ1v) is 6.59. The van der Waals surface area contributed by atoms with E-state index >= 15 is 0 Å². The lowest BCUT2D eigenvalue weighted by molar-refractivity contribution is 0.107. The third kappa shape index (κ3) is 3.28. The molecule has 1 unspecified atom stereocenters. The number of nitrogens with zero attached hydrogens (tertiary/aromatic N) is 4. The molecule has 1 aliphatic heterocycles. The summed E-state index contributed by atoms with van der Waals surface area (Å²) in [6.07, 6.45) is 2.76. The fourth-order valence-corrected chi connectivity index (χ4v) is 2.39. The van der Waals surface area contributed by atoms with Crippen LogP contribution in [-0.4, -0.2) is 47.0 Å². The van der Waals surface area contributed by atoms with E-state index < -0.39 is 0 Å². The third-order valence-electron chi connectivity index (χ3n) is 3.50. The number of piperazine rings is 1. The summed E-state index contributed by atoms with van der Waals surface area (Å²) in [6.45, 7) is 7.01. The Morgan fingerprint density at radius 1 is 1.33 bits per heavy atom. The van der Waals surface area contributed by atoms with Crippen LogP contribution in [-0.2, 0) is 6.54 Å². The molecule has 0 N–H and O–H groups in total. The van der Waals surface area contributed by atoms with Crippen molar-refractivity contribution in [3.05, 3.63) is 30.1 Å². The molecule has 1 fully saturated rings. The Labute approximate surface area is 109 Å². The van der Waals surface area contributed by atoms with Gasteiger partial charge in [-0.15, -0.1) is 0 Å². The van der Waals surface area contributed by atoms with Crippen LogP contribution in [0.1, 0.15) is 19.0 Å². The summed E-state index contributed by atoms with van der Waals surface area (Å²) in [6, 6.07) is 8.51. The van der Waals surface area contributed by atoms with E-state index in [2.05, 4.69) is 33.8 Å². The van der Waals surface area contributed by atoms with Crippen LogP contribution < -0.4 is 0 Å². The molecule has 2 rings (SSSR count). The summed E-state index contributed by atoms with van der Waals surface area (Å²) in [5, 5.41) is 9.06. The lowest BCUT2D eigenvalue weighted by atomic mass is 10.2. The predicted octanol–water partition coefficient (Wildman–Crippen LogP) is 1.50. The van der Waals surface area contributed by atoms with Crippen molar-refractivity contribution in [3.8, 4) is 6.07 Å². The molecule has 1 aromatic rings. The van der Waals surface area contributed by atoms with Crippen molar-refractivity contribution >= 4 is 0 Å². The molecule has 4 heteroatoms. The molecule has 1 atom stereocenters. The minimum absolute atomic E-state index is 0.0852. The van der Waals surface area contributed by atoms with Crippen molar-refractivity contribution < 1.29 is 0 Å². The van der Waals surface area contributed by atoms with Crippen molar-refractivity contribution in [1.82, 2.24) is 14.8 Å². The summed E-state index contributed by atoms with van der Waals surface area (Å²) in [5.41, 5.74) is 1.12. The van der Waals surface area contributed by atoms with Gasteiger partial charge in [0.05, 0.1) is 17.8 Å². The van der Waals surface area contributed by atoms with Gasteiger partial charge in [0, 0.05) is 38.9 Å². The largest absolute Gasteiger partial charge is 0.295 e. The molecule has 18 heavy (non-hydrogen) atoms. The van der Waals surface area contributed by atoms with E-state index in [0.29, 0.717) is 0 Å². The maximum Gasteiger partial charge on any atom is 0.0976 e. The van der Waals surface area contributed by atoms with E-state index in [0.717, 1.165) is 44.8 Å². The van der Waals surface area contributed by atoms with E-state index in [1.165, 1.54) is 0 Å². The van der Waals surface area contributed by atoms with Crippen LogP contribution in [0.4, 0.5) is 0 Å². The second kappa shape index (κ2) is 6.48. The number of nitriles is 1. The first-order chi connectivity index (χ1) is 8.83. The second-order valence-electron chi connectivity index (χ2n) is 4.69. The lowest BCUT2D eigenvalue weighted by Crippen LogP contribution is -2.49. The number of hydrogen-bond donors (Lipinski definition) is 0. The van der Waals surface area contributed by atoms with Gasteiger partial charge in [-0.1, -0.05) is 13.0 Å². The van der Waals surface area contributed by atoms with Crippen LogP contribution in [0.15, 0.2) is 24.4 Å². The zero-order valence-electron chi connectivity index (χ0n) is 10.9. The average molecular weight is 244 g/mol. The summed E-state index contributed by atoms with van der Waals surface area (Å²) in [4.78, 5) is 9.04. The van der Waals surface area contributed by atoms with E-state index in [9.17, 15) is 0 Å². The molecule has 2 heterocycles. The first-order valence-electron chi connectivity index (χ1n) is 6.59. The normalized spacial score (nSPS) is 19.3. The van der Waals surface area contributed by atoms with Gasteiger partial charge in [0.15, 0.2) is 0 Å². The molecule has 0 aromatic carbocycles. The SMILES string of the molecule is CCC(C#N)N1CCN(Cc2ccccn2)CC1. The van der Waals surface area contributed by atoms with Gasteiger partial charge < -0.3 is 0 Å². The average Bonchev–Trinajstić information content (AvgIpc) is 2.43. The molecule has 0 bridgehead atoms. The van der Waals surface area contributed by atoms with Crippen molar-refractivity contribution in [2.75, 3.05) is 26.2 Å². The van der Waals surface area contributed by atoms with Gasteiger partial charge in [-0.2, -0.15) is 5.26 Å². The van der Waals surface area contributed by atoms with Gasteiger partial charge in [-0.05, 0) is 18.6 Å². The fraction of sp³-hybridized carbons (Fsp3) is 0.571. The molecule has 0 radical (unpaired) electrons. The molecule has 1 aromatic heterocycles. The number of pyridine rings is 1. The highest BCUT2D eigenvalue weighted by Gasteiger charge is 2.22. The van der Waals surface area contributed by atoms with E-state index in [4.69, 9.17) is 5.26 Å². The monoisotopic (exact) mass is 244 g/mol. The van der Waals surface area contributed by atoms with Crippen molar-refractivity contribution in [2.45, 2.75) is 25.9 Å². The molecule has 1 saturated heterocycles. The van der Waals surface area contributed by atoms with Crippen LogP contribution in [0.3, 0.4) is 0 Å². The topological polar surface area (TPSA) is 43.2 Å². The zero-order chi connectivity index (χ0) is 12.8. The van der Waals surface area contributed by atoms with Crippen molar-refractivity contribution in [1.29, 1.82) is 5.26 Å². The van der Waals surface area contributed by atoms with Gasteiger partial charge in [0.1, 0.15) is 0 Å². The molecule has 96 valence electrons. The minimum Gasteiger partial charge on any atom is -0.295 e. The molecule has 0 aliphatic carbocycles. The molecule has 0 amide bonds. The maximum atomic E-state index is 9.06. The molecule has 4 nitrogen and oxygen atoms in total. The highest BCUT2D eigenvalue weighted by molar-refractivity contribution is 5.03. The van der Waals surface area contributed by atoms with Gasteiger partial charge in [0.2, 0.25) is 0 Å². The standard InChI is InChI=1S/C14H20N4/c1-2-14(11-15)18-9-7-17(8-10-18)12-13-5-3-4-6-16-13/h3-6,14H,2,7-10,12H2,1H3. The summed E-state index contributed by atoms with van der Waals surface area (Å²) in [7, 11) is 0. The Balaban J connectivity index is 1.82. The molecular weight excluding hydrogens is 224 g/mol. The van der Waals surface area contributed by atoms with Crippen LogP contribution in [0, 0.1) is 11.3 Å². The molecule has 1 aliphatic rings. The van der Waals surface area contributed by atoms with Gasteiger partial charge >= 0.3 is 0 Å². The highest BCUT2D eigenvalue weighted by atomic mass is 15.3. The van der Waals surface area contributed by atoms with Crippen LogP contribution in [0.2, 0.25) is 0 Å². The van der Waals surface area contributed by atoms with E-state index in [-0.39, 0.29) is 6.04 Å². The summed E-state index contributed by atoms with van der Waals surface area (Å²) < 4.78 is 0. The summed E-state index contributed by atoms with van der Waals surface area (Å²) in [5.74, 6) is 0. The fourth-order valence-electron chi connectivity index (χ4n) is 2.39. The lowest BCUT2D eigenvalue weighted by Gasteiger charge is -2.36. The Morgan fingerprint density at radius 3 is 2.67 bits per heavy atom. The van der Waals surface area contributed by atoms with Gasteiger partial charge in [0.25, 0.3) is 0 Å². The zero-order valence-corrected chi connectivity index (χ0v) is 10.9. The third-order valence-corrected chi connectivity index (χ3v) is 3.50. The van der Waals surface area contributed by atoms with Crippen molar-refractivity contribution in [3.63, 3.8) is 0 Å². The van der Waals surface area contributed by atoms with E-state index in [1.807, 2.05) is 18.3 Å². The van der Waals surface area contributed by atoms with Crippen molar-refractivity contribution in [2.24, 2.45) is 0 Å². The number of hydrogen-bond acceptors (Lipinski definition) is 4. The maximum absolute atomic E-state index is 9.06. The van der Waals surface area contributed by atoms with Gasteiger partial charge in [-0.3, -0.25) is 14.8 Å². The quantitative estimate of drug-likeness (QED) is 0.805. The van der Waals surface area contributed by atoms with Crippen LogP contribution >= 0.6 is 0 Å². The highest BCUT2D eigenvalue weighted by Crippen LogP contribution is 2.10. The smallest absolute Gasteiger partial charge is 0.0976 e. The second-order valence-corrected chi connectivity index (χ2v) is 4.69. The number of rotatable bonds is 4. The number of aromatic nitrogens is 1. The van der Waals surface area contributed by atoms with Crippen LogP contribution in [0.5, 0.6) is 0 Å². The predicted molar refractivity (Wildman–Crippen MR) is 70.8 cm³/mol. The molecular formula is C14H20N4. The van der Waals surface area contributed by atoms with E-state index in [1.54, 1.807) is 0 Å². The van der Waals surface area contributed by atoms with Gasteiger partial charge in [-0.25, -0.2) is 0 Å². The molecule has 0 spiro atoms.